The highest BCUT2D eigenvalue weighted by Crippen LogP contribution is 2.34. The van der Waals surface area contributed by atoms with Gasteiger partial charge in [-0.15, -0.1) is 0 Å². The third-order valence-corrected chi connectivity index (χ3v) is 4.96. The highest BCUT2D eigenvalue weighted by atomic mass is 32.2. The number of nitrogen functional groups attached to an aromatic ring is 1. The molecule has 1 saturated heterocycles. The number of hydrogen-bond acceptors (Lipinski definition) is 4. The molecular formula is C14H17F3N2O3S. The Bertz CT molecular complexity index is 716. The molecule has 1 aliphatic rings. The van der Waals surface area contributed by atoms with Crippen LogP contribution in [0.3, 0.4) is 0 Å². The van der Waals surface area contributed by atoms with Crippen LogP contribution in [0.2, 0.25) is 0 Å². The Morgan fingerprint density at radius 1 is 1.35 bits per heavy atom. The zero-order valence-corrected chi connectivity index (χ0v) is 13.2. The SMILES string of the molecule is CS(=O)(=O)c1ccc(C(=O)N2CCCC(C(F)(F)F)C2)c(N)c1. The molecule has 0 bridgehead atoms. The summed E-state index contributed by atoms with van der Waals surface area (Å²) in [5.74, 6) is -2.16. The standard InChI is InChI=1S/C14H17F3N2O3S/c1-23(21,22)10-4-5-11(12(18)7-10)13(20)19-6-2-3-9(8-19)14(15,16)17/h4-5,7,9H,2-3,6,8,18H2,1H3. The predicted octanol–water partition coefficient (Wildman–Crippen LogP) is 2.09. The molecule has 1 atom stereocenters. The molecule has 2 rings (SSSR count). The van der Waals surface area contributed by atoms with Crippen molar-refractivity contribution in [1.82, 2.24) is 4.90 Å². The lowest BCUT2D eigenvalue weighted by Gasteiger charge is -2.34. The molecule has 5 nitrogen and oxygen atoms in total. The maximum atomic E-state index is 12.8. The van der Waals surface area contributed by atoms with Gasteiger partial charge in [0.15, 0.2) is 9.84 Å². The van der Waals surface area contributed by atoms with E-state index in [0.29, 0.717) is 0 Å². The first-order valence-corrected chi connectivity index (χ1v) is 8.85. The lowest BCUT2D eigenvalue weighted by molar-refractivity contribution is -0.184. The van der Waals surface area contributed by atoms with E-state index in [-0.39, 0.29) is 35.5 Å². The molecule has 1 aromatic carbocycles. The summed E-state index contributed by atoms with van der Waals surface area (Å²) in [4.78, 5) is 13.5. The van der Waals surface area contributed by atoms with Crippen LogP contribution in [0, 0.1) is 5.92 Å². The van der Waals surface area contributed by atoms with Gasteiger partial charge in [-0.25, -0.2) is 8.42 Å². The highest BCUT2D eigenvalue weighted by Gasteiger charge is 2.42. The molecule has 1 amide bonds. The minimum Gasteiger partial charge on any atom is -0.398 e. The van der Waals surface area contributed by atoms with Crippen molar-refractivity contribution in [3.63, 3.8) is 0 Å². The van der Waals surface area contributed by atoms with Crippen LogP contribution < -0.4 is 5.73 Å². The molecule has 9 heteroatoms. The highest BCUT2D eigenvalue weighted by molar-refractivity contribution is 7.90. The van der Waals surface area contributed by atoms with E-state index < -0.39 is 34.4 Å². The van der Waals surface area contributed by atoms with Gasteiger partial charge in [0.2, 0.25) is 0 Å². The monoisotopic (exact) mass is 350 g/mol. The molecule has 1 unspecified atom stereocenters. The van der Waals surface area contributed by atoms with Crippen LogP contribution in [0.5, 0.6) is 0 Å². The molecule has 1 aromatic rings. The second-order valence-corrected chi connectivity index (χ2v) is 7.67. The lowest BCUT2D eigenvalue weighted by Crippen LogP contribution is -2.44. The maximum Gasteiger partial charge on any atom is 0.393 e. The number of rotatable bonds is 2. The molecule has 1 fully saturated rings. The van der Waals surface area contributed by atoms with Crippen LogP contribution in [-0.4, -0.2) is 44.7 Å². The molecule has 1 heterocycles. The number of nitrogens with zero attached hydrogens (tertiary/aromatic N) is 1. The topological polar surface area (TPSA) is 80.5 Å². The molecule has 0 aliphatic carbocycles. The first kappa shape index (κ1) is 17.6. The fraction of sp³-hybridized carbons (Fsp3) is 0.500. The molecule has 0 saturated carbocycles. The van der Waals surface area contributed by atoms with Crippen LogP contribution in [0.15, 0.2) is 23.1 Å². The summed E-state index contributed by atoms with van der Waals surface area (Å²) < 4.78 is 61.3. The predicted molar refractivity (Wildman–Crippen MR) is 78.6 cm³/mol. The number of anilines is 1. The van der Waals surface area contributed by atoms with E-state index in [1.807, 2.05) is 0 Å². The number of likely N-dealkylation sites (tertiary alicyclic amines) is 1. The van der Waals surface area contributed by atoms with E-state index in [1.54, 1.807) is 0 Å². The van der Waals surface area contributed by atoms with Crippen LogP contribution in [0.25, 0.3) is 0 Å². The summed E-state index contributed by atoms with van der Waals surface area (Å²) in [5, 5.41) is 0. The van der Waals surface area contributed by atoms with Crippen molar-refractivity contribution >= 4 is 21.4 Å². The third-order valence-electron chi connectivity index (χ3n) is 3.85. The van der Waals surface area contributed by atoms with Crippen molar-refractivity contribution in [3.8, 4) is 0 Å². The number of piperidine rings is 1. The number of carbonyl (C=O) groups is 1. The number of benzene rings is 1. The van der Waals surface area contributed by atoms with Gasteiger partial charge in [0.25, 0.3) is 5.91 Å². The number of hydrogen-bond donors (Lipinski definition) is 1. The van der Waals surface area contributed by atoms with E-state index in [4.69, 9.17) is 5.73 Å². The van der Waals surface area contributed by atoms with Crippen molar-refractivity contribution in [1.29, 1.82) is 0 Å². The number of sulfone groups is 1. The van der Waals surface area contributed by atoms with Gasteiger partial charge in [0, 0.05) is 25.0 Å². The molecular weight excluding hydrogens is 333 g/mol. The molecule has 0 radical (unpaired) electrons. The van der Waals surface area contributed by atoms with Gasteiger partial charge >= 0.3 is 6.18 Å². The largest absolute Gasteiger partial charge is 0.398 e. The average molecular weight is 350 g/mol. The molecule has 23 heavy (non-hydrogen) atoms. The summed E-state index contributed by atoms with van der Waals surface area (Å²) in [6, 6.07) is 3.61. The number of carbonyl (C=O) groups excluding carboxylic acids is 1. The minimum absolute atomic E-state index is 0.00419. The van der Waals surface area contributed by atoms with Gasteiger partial charge in [0.05, 0.1) is 16.4 Å². The summed E-state index contributed by atoms with van der Waals surface area (Å²) in [5.41, 5.74) is 5.66. The molecule has 0 aromatic heterocycles. The van der Waals surface area contributed by atoms with E-state index in [0.717, 1.165) is 17.2 Å². The van der Waals surface area contributed by atoms with E-state index in [2.05, 4.69) is 0 Å². The van der Waals surface area contributed by atoms with Gasteiger partial charge in [-0.2, -0.15) is 13.2 Å². The Kier molecular flexibility index (Phi) is 4.61. The van der Waals surface area contributed by atoms with Gasteiger partial charge in [0.1, 0.15) is 0 Å². The van der Waals surface area contributed by atoms with E-state index >= 15 is 0 Å². The van der Waals surface area contributed by atoms with Crippen molar-refractivity contribution < 1.29 is 26.4 Å². The molecule has 0 spiro atoms. The molecule has 2 N–H and O–H groups in total. The van der Waals surface area contributed by atoms with Crippen molar-refractivity contribution in [2.45, 2.75) is 23.9 Å². The lowest BCUT2D eigenvalue weighted by atomic mass is 9.96. The van der Waals surface area contributed by atoms with Crippen molar-refractivity contribution in [3.05, 3.63) is 23.8 Å². The summed E-state index contributed by atoms with van der Waals surface area (Å²) >= 11 is 0. The second kappa shape index (κ2) is 6.03. The minimum atomic E-state index is -4.34. The number of alkyl halides is 3. The Hall–Kier alpha value is -1.77. The third kappa shape index (κ3) is 3.95. The van der Waals surface area contributed by atoms with Crippen LogP contribution in [-0.2, 0) is 9.84 Å². The molecule has 1 aliphatic heterocycles. The summed E-state index contributed by atoms with van der Waals surface area (Å²) in [6.07, 6.45) is -3.08. The summed E-state index contributed by atoms with van der Waals surface area (Å²) in [7, 11) is -3.47. The van der Waals surface area contributed by atoms with Gasteiger partial charge in [-0.05, 0) is 31.0 Å². The number of halogens is 3. The quantitative estimate of drug-likeness (QED) is 0.828. The van der Waals surface area contributed by atoms with Gasteiger partial charge < -0.3 is 10.6 Å². The van der Waals surface area contributed by atoms with Crippen molar-refractivity contribution in [2.24, 2.45) is 5.92 Å². The maximum absolute atomic E-state index is 12.8. The van der Waals surface area contributed by atoms with E-state index in [1.165, 1.54) is 12.1 Å². The Balaban J connectivity index is 2.24. The Morgan fingerprint density at radius 2 is 2.00 bits per heavy atom. The first-order chi connectivity index (χ1) is 10.5. The Labute approximate surface area is 132 Å². The normalized spacial score (nSPS) is 19.7. The van der Waals surface area contributed by atoms with Crippen molar-refractivity contribution in [2.75, 3.05) is 25.1 Å². The number of nitrogens with two attached hydrogens (primary N) is 1. The summed E-state index contributed by atoms with van der Waals surface area (Å²) in [6.45, 7) is -0.186. The van der Waals surface area contributed by atoms with Crippen LogP contribution in [0.1, 0.15) is 23.2 Å². The Morgan fingerprint density at radius 3 is 2.52 bits per heavy atom. The fourth-order valence-electron chi connectivity index (χ4n) is 2.57. The zero-order chi connectivity index (χ0) is 17.4. The van der Waals surface area contributed by atoms with Gasteiger partial charge in [-0.1, -0.05) is 0 Å². The van der Waals surface area contributed by atoms with Crippen LogP contribution in [0.4, 0.5) is 18.9 Å². The number of amides is 1. The van der Waals surface area contributed by atoms with Crippen LogP contribution >= 0.6 is 0 Å². The zero-order valence-electron chi connectivity index (χ0n) is 12.4. The average Bonchev–Trinajstić information content (AvgIpc) is 2.45. The smallest absolute Gasteiger partial charge is 0.393 e. The van der Waals surface area contributed by atoms with E-state index in [9.17, 15) is 26.4 Å². The fourth-order valence-corrected chi connectivity index (χ4v) is 3.22. The molecule has 128 valence electrons. The van der Waals surface area contributed by atoms with Gasteiger partial charge in [-0.3, -0.25) is 4.79 Å². The second-order valence-electron chi connectivity index (χ2n) is 5.65. The first-order valence-electron chi connectivity index (χ1n) is 6.95.